The largest absolute Gasteiger partial charge is 0.493 e. The van der Waals surface area contributed by atoms with Gasteiger partial charge in [0.1, 0.15) is 30.1 Å². The lowest BCUT2D eigenvalue weighted by atomic mass is 10.0. The number of piperidine rings is 2. The van der Waals surface area contributed by atoms with Gasteiger partial charge in [0.15, 0.2) is 17.3 Å². The zero-order valence-electron chi connectivity index (χ0n) is 26.2. The van der Waals surface area contributed by atoms with Crippen molar-refractivity contribution >= 4 is 63.3 Å². The number of benzene rings is 3. The Morgan fingerprint density at radius 3 is 2.57 bits per heavy atom. The summed E-state index contributed by atoms with van der Waals surface area (Å²) < 4.78 is 42.1. The molecule has 3 aliphatic rings. The van der Waals surface area contributed by atoms with Crippen LogP contribution in [-0.4, -0.2) is 69.8 Å². The van der Waals surface area contributed by atoms with Crippen molar-refractivity contribution in [3.8, 4) is 11.5 Å². The lowest BCUT2D eigenvalue weighted by molar-refractivity contribution is -0.136. The number of halogens is 4. The molecule has 11 nitrogen and oxygen atoms in total. The van der Waals surface area contributed by atoms with Gasteiger partial charge in [-0.05, 0) is 54.7 Å². The van der Waals surface area contributed by atoms with Crippen LogP contribution in [0.1, 0.15) is 47.2 Å². The number of hydrogen-bond donors (Lipinski definition) is 2. The molecule has 0 spiro atoms. The highest BCUT2D eigenvalue weighted by Gasteiger charge is 2.40. The molecule has 3 amide bonds. The van der Waals surface area contributed by atoms with E-state index < -0.39 is 29.5 Å². The van der Waals surface area contributed by atoms with Crippen molar-refractivity contribution in [2.75, 3.05) is 25.5 Å². The Bertz CT molecular complexity index is 2010. The average molecular weight is 712 g/mol. The maximum atomic E-state index is 15.3. The molecule has 4 aromatic rings. The van der Waals surface area contributed by atoms with Crippen LogP contribution in [0.15, 0.2) is 42.7 Å². The van der Waals surface area contributed by atoms with Gasteiger partial charge in [0, 0.05) is 44.1 Å². The summed E-state index contributed by atoms with van der Waals surface area (Å²) in [5.74, 6) is -1.47. The number of rotatable bonds is 8. The molecule has 0 saturated carbocycles. The highest BCUT2D eigenvalue weighted by Crippen LogP contribution is 2.38. The van der Waals surface area contributed by atoms with Gasteiger partial charge in [-0.25, -0.2) is 18.7 Å². The molecule has 1 aromatic heterocycles. The molecule has 7 rings (SSSR count). The summed E-state index contributed by atoms with van der Waals surface area (Å²) in [4.78, 5) is 49.2. The smallest absolute Gasteiger partial charge is 0.258 e. The van der Waals surface area contributed by atoms with Gasteiger partial charge in [-0.2, -0.15) is 0 Å². The van der Waals surface area contributed by atoms with E-state index in [2.05, 4.69) is 25.5 Å². The van der Waals surface area contributed by atoms with Crippen LogP contribution >= 0.6 is 23.2 Å². The van der Waals surface area contributed by atoms with Gasteiger partial charge in [0.2, 0.25) is 11.8 Å². The lowest BCUT2D eigenvalue weighted by Crippen LogP contribution is -2.52. The lowest BCUT2D eigenvalue weighted by Gasteiger charge is -2.32. The first-order valence-electron chi connectivity index (χ1n) is 15.7. The van der Waals surface area contributed by atoms with Gasteiger partial charge in [0.25, 0.3) is 5.91 Å². The minimum Gasteiger partial charge on any atom is -0.493 e. The van der Waals surface area contributed by atoms with Gasteiger partial charge >= 0.3 is 0 Å². The molecular formula is C34H30Cl2F2N6O5. The summed E-state index contributed by atoms with van der Waals surface area (Å²) in [6.07, 6.45) is 2.92. The van der Waals surface area contributed by atoms with Crippen LogP contribution in [0.3, 0.4) is 0 Å². The standard InChI is InChI=1S/C34H30Cl2F2N6O5/c1-48-26-13-24-20(32(40-16-39-24)41-23-3-2-21(35)30(36)31(23)38)12-27(26)49-19-6-8-43(9-7-19)14-17-10-18-15-44(34(47)29(18)22(37)11-17)25-4-5-28(45)42-33(25)46/h2-3,10-13,16,19,25H,4-9,14-15H2,1H3,(H,39,40,41)(H,42,45,46). The molecule has 49 heavy (non-hydrogen) atoms. The van der Waals surface area contributed by atoms with Crippen LogP contribution in [0.25, 0.3) is 10.9 Å². The fraction of sp³-hybridized carbons (Fsp3) is 0.324. The summed E-state index contributed by atoms with van der Waals surface area (Å²) >= 11 is 11.9. The molecule has 2 fully saturated rings. The predicted octanol–water partition coefficient (Wildman–Crippen LogP) is 5.77. The number of ether oxygens (including phenoxy) is 2. The molecule has 0 aliphatic carbocycles. The normalized spacial score (nSPS) is 18.5. The fourth-order valence-electron chi connectivity index (χ4n) is 6.60. The Hall–Kier alpha value is -4.59. The molecule has 2 saturated heterocycles. The summed E-state index contributed by atoms with van der Waals surface area (Å²) in [6, 6.07) is 8.84. The Kier molecular flexibility index (Phi) is 8.99. The first-order valence-corrected chi connectivity index (χ1v) is 16.4. The fourth-order valence-corrected chi connectivity index (χ4v) is 6.91. The van der Waals surface area contributed by atoms with Crippen LogP contribution in [0.4, 0.5) is 20.3 Å². The minimum atomic E-state index is -0.804. The third-order valence-electron chi connectivity index (χ3n) is 9.08. The first kappa shape index (κ1) is 32.9. The number of methoxy groups -OCH3 is 1. The highest BCUT2D eigenvalue weighted by atomic mass is 35.5. The highest BCUT2D eigenvalue weighted by molar-refractivity contribution is 6.42. The first-order chi connectivity index (χ1) is 23.6. The second kappa shape index (κ2) is 13.4. The Balaban J connectivity index is 1.02. The number of carbonyl (C=O) groups is 3. The Labute approximate surface area is 289 Å². The molecule has 0 radical (unpaired) electrons. The molecule has 1 unspecified atom stereocenters. The van der Waals surface area contributed by atoms with Crippen molar-refractivity contribution in [2.45, 2.75) is 50.9 Å². The van der Waals surface area contributed by atoms with E-state index >= 15 is 4.39 Å². The third-order valence-corrected chi connectivity index (χ3v) is 9.86. The number of anilines is 2. The maximum Gasteiger partial charge on any atom is 0.258 e. The number of aromatic nitrogens is 2. The molecule has 1 atom stereocenters. The van der Waals surface area contributed by atoms with Crippen LogP contribution in [-0.2, 0) is 22.7 Å². The van der Waals surface area contributed by atoms with E-state index in [0.29, 0.717) is 66.3 Å². The summed E-state index contributed by atoms with van der Waals surface area (Å²) in [6.45, 7) is 1.93. The van der Waals surface area contributed by atoms with Crippen molar-refractivity contribution in [2.24, 2.45) is 0 Å². The minimum absolute atomic E-state index is 0.0178. The number of hydrogen-bond acceptors (Lipinski definition) is 9. The van der Waals surface area contributed by atoms with Crippen molar-refractivity contribution in [1.82, 2.24) is 25.1 Å². The second-order valence-electron chi connectivity index (χ2n) is 12.2. The van der Waals surface area contributed by atoms with E-state index in [1.54, 1.807) is 12.1 Å². The van der Waals surface area contributed by atoms with E-state index in [-0.39, 0.29) is 52.7 Å². The summed E-state index contributed by atoms with van der Waals surface area (Å²) in [7, 11) is 1.54. The van der Waals surface area contributed by atoms with Gasteiger partial charge in [0.05, 0.1) is 33.9 Å². The zero-order chi connectivity index (χ0) is 34.4. The van der Waals surface area contributed by atoms with Gasteiger partial charge in [-0.15, -0.1) is 0 Å². The summed E-state index contributed by atoms with van der Waals surface area (Å²) in [5, 5.41) is 5.71. The maximum absolute atomic E-state index is 15.3. The van der Waals surface area contributed by atoms with E-state index in [1.165, 1.54) is 36.5 Å². The number of amides is 3. The topological polar surface area (TPSA) is 126 Å². The quantitative estimate of drug-likeness (QED) is 0.173. The molecule has 15 heteroatoms. The van der Waals surface area contributed by atoms with Gasteiger partial charge in [-0.1, -0.05) is 29.3 Å². The van der Waals surface area contributed by atoms with E-state index in [4.69, 9.17) is 32.7 Å². The van der Waals surface area contributed by atoms with Gasteiger partial charge < -0.3 is 19.7 Å². The van der Waals surface area contributed by atoms with Crippen molar-refractivity contribution in [3.05, 3.63) is 81.1 Å². The molecule has 3 aliphatic heterocycles. The van der Waals surface area contributed by atoms with Crippen LogP contribution in [0, 0.1) is 11.6 Å². The molecule has 3 aromatic carbocycles. The van der Waals surface area contributed by atoms with E-state index in [9.17, 15) is 18.8 Å². The van der Waals surface area contributed by atoms with Crippen molar-refractivity contribution in [1.29, 1.82) is 0 Å². The SMILES string of the molecule is COc1cc2ncnc(Nc3ccc(Cl)c(Cl)c3F)c2cc1OC1CCN(Cc2cc(F)c3c(c2)CN(C2CCC(=O)NC2=O)C3=O)CC1. The number of imide groups is 1. The molecule has 4 heterocycles. The van der Waals surface area contributed by atoms with Gasteiger partial charge in [-0.3, -0.25) is 24.6 Å². The Morgan fingerprint density at radius 1 is 1.02 bits per heavy atom. The zero-order valence-corrected chi connectivity index (χ0v) is 27.7. The number of carbonyl (C=O) groups excluding carboxylic acids is 3. The van der Waals surface area contributed by atoms with E-state index in [0.717, 1.165) is 5.56 Å². The molecule has 0 bridgehead atoms. The van der Waals surface area contributed by atoms with E-state index in [1.807, 2.05) is 6.07 Å². The number of likely N-dealkylation sites (tertiary alicyclic amines) is 1. The molecule has 254 valence electrons. The Morgan fingerprint density at radius 2 is 1.82 bits per heavy atom. The monoisotopic (exact) mass is 710 g/mol. The van der Waals surface area contributed by atoms with Crippen molar-refractivity contribution in [3.63, 3.8) is 0 Å². The molecule has 2 N–H and O–H groups in total. The van der Waals surface area contributed by atoms with Crippen LogP contribution in [0.5, 0.6) is 11.5 Å². The summed E-state index contributed by atoms with van der Waals surface area (Å²) in [5.41, 5.74) is 1.90. The number of nitrogens with zero attached hydrogens (tertiary/aromatic N) is 4. The second-order valence-corrected chi connectivity index (χ2v) is 13.0. The predicted molar refractivity (Wildman–Crippen MR) is 177 cm³/mol. The number of nitrogens with one attached hydrogen (secondary N) is 2. The average Bonchev–Trinajstić information content (AvgIpc) is 3.41. The van der Waals surface area contributed by atoms with Crippen LogP contribution in [0.2, 0.25) is 10.0 Å². The van der Waals surface area contributed by atoms with Crippen LogP contribution < -0.4 is 20.1 Å². The molecular weight excluding hydrogens is 681 g/mol. The van der Waals surface area contributed by atoms with Crippen molar-refractivity contribution < 1.29 is 32.6 Å². The number of fused-ring (bicyclic) bond motifs is 2. The third kappa shape index (κ3) is 6.45.